The van der Waals surface area contributed by atoms with Crippen molar-refractivity contribution < 1.29 is 13.9 Å². The first-order valence-electron chi connectivity index (χ1n) is 8.28. The first-order chi connectivity index (χ1) is 13.7. The zero-order valence-electron chi connectivity index (χ0n) is 14.7. The van der Waals surface area contributed by atoms with Crippen molar-refractivity contribution in [3.8, 4) is 11.4 Å². The Labute approximate surface area is 163 Å². The predicted molar refractivity (Wildman–Crippen MR) is 103 cm³/mol. The van der Waals surface area contributed by atoms with E-state index in [-0.39, 0.29) is 17.1 Å². The van der Waals surface area contributed by atoms with Crippen LogP contribution in [-0.2, 0) is 0 Å². The molecule has 2 aromatic carbocycles. The molecule has 2 aromatic heterocycles. The van der Waals surface area contributed by atoms with Crippen molar-refractivity contribution in [1.82, 2.24) is 20.2 Å². The van der Waals surface area contributed by atoms with E-state index in [1.54, 1.807) is 43.5 Å². The summed E-state index contributed by atoms with van der Waals surface area (Å²) in [5.74, 6) is 0.218. The minimum Gasteiger partial charge on any atom is -0.494 e. The molecule has 0 aliphatic rings. The summed E-state index contributed by atoms with van der Waals surface area (Å²) in [6.07, 6.45) is 0. The highest BCUT2D eigenvalue weighted by Crippen LogP contribution is 2.26. The first kappa shape index (κ1) is 17.9. The van der Waals surface area contributed by atoms with Crippen molar-refractivity contribution in [1.29, 1.82) is 0 Å². The van der Waals surface area contributed by atoms with Gasteiger partial charge in [0.2, 0.25) is 5.16 Å². The fraction of sp³-hybridized carbons (Fsp3) is 0.105. The average Bonchev–Trinajstić information content (AvgIpc) is 3.19. The Balaban J connectivity index is 1.58. The molecule has 0 atom stereocenters. The molecule has 0 aliphatic carbocycles. The number of aromatic nitrogens is 4. The number of ether oxygens (including phenoxy) is 1. The summed E-state index contributed by atoms with van der Waals surface area (Å²) < 4.78 is 12.0. The SMILES string of the molecule is COc1ccccc1-n1nnnc1SCC(=O)c1cc2ccccc2oc1=O. The molecule has 2 heterocycles. The normalized spacial score (nSPS) is 10.9. The molecule has 4 aromatic rings. The van der Waals surface area contributed by atoms with Crippen LogP contribution in [0, 0.1) is 0 Å². The maximum absolute atomic E-state index is 12.6. The number of tetrazole rings is 1. The molecule has 28 heavy (non-hydrogen) atoms. The van der Waals surface area contributed by atoms with Crippen LogP contribution in [0.15, 0.2) is 69.0 Å². The van der Waals surface area contributed by atoms with Gasteiger partial charge in [0.1, 0.15) is 22.6 Å². The highest BCUT2D eigenvalue weighted by Gasteiger charge is 2.18. The second kappa shape index (κ2) is 7.65. The molecule has 9 heteroatoms. The molecule has 0 bridgehead atoms. The summed E-state index contributed by atoms with van der Waals surface area (Å²) in [4.78, 5) is 24.7. The van der Waals surface area contributed by atoms with E-state index in [9.17, 15) is 9.59 Å². The largest absolute Gasteiger partial charge is 0.494 e. The van der Waals surface area contributed by atoms with Gasteiger partial charge in [0.15, 0.2) is 5.78 Å². The molecule has 0 fully saturated rings. The third kappa shape index (κ3) is 3.39. The molecule has 0 N–H and O–H groups in total. The zero-order chi connectivity index (χ0) is 19.5. The van der Waals surface area contributed by atoms with Crippen molar-refractivity contribution in [2.24, 2.45) is 0 Å². The van der Waals surface area contributed by atoms with Gasteiger partial charge in [-0.15, -0.1) is 5.10 Å². The van der Waals surface area contributed by atoms with Crippen molar-refractivity contribution in [2.75, 3.05) is 12.9 Å². The van der Waals surface area contributed by atoms with E-state index >= 15 is 0 Å². The van der Waals surface area contributed by atoms with Crippen LogP contribution in [0.5, 0.6) is 5.75 Å². The topological polar surface area (TPSA) is 100 Å². The smallest absolute Gasteiger partial charge is 0.347 e. The van der Waals surface area contributed by atoms with Crippen LogP contribution in [0.3, 0.4) is 0 Å². The lowest BCUT2D eigenvalue weighted by atomic mass is 10.1. The number of nitrogens with zero attached hydrogens (tertiary/aromatic N) is 4. The van der Waals surface area contributed by atoms with Crippen LogP contribution < -0.4 is 10.4 Å². The third-order valence-corrected chi connectivity index (χ3v) is 4.95. The minimum atomic E-state index is -0.659. The highest BCUT2D eigenvalue weighted by atomic mass is 32.2. The molecule has 140 valence electrons. The van der Waals surface area contributed by atoms with E-state index in [2.05, 4.69) is 15.5 Å². The van der Waals surface area contributed by atoms with Crippen LogP contribution in [0.1, 0.15) is 10.4 Å². The number of benzene rings is 2. The first-order valence-corrected chi connectivity index (χ1v) is 9.26. The number of hydrogen-bond acceptors (Lipinski definition) is 8. The van der Waals surface area contributed by atoms with Gasteiger partial charge in [-0.3, -0.25) is 4.79 Å². The fourth-order valence-electron chi connectivity index (χ4n) is 2.69. The van der Waals surface area contributed by atoms with Crippen molar-refractivity contribution in [3.63, 3.8) is 0 Å². The predicted octanol–water partition coefficient (Wildman–Crippen LogP) is 2.75. The second-order valence-corrected chi connectivity index (χ2v) is 6.68. The molecule has 0 amide bonds. The third-order valence-electron chi connectivity index (χ3n) is 4.03. The number of fused-ring (bicyclic) bond motifs is 1. The number of para-hydroxylation sites is 3. The summed E-state index contributed by atoms with van der Waals surface area (Å²) >= 11 is 1.13. The van der Waals surface area contributed by atoms with Crippen LogP contribution in [-0.4, -0.2) is 38.9 Å². The molecule has 4 rings (SSSR count). The summed E-state index contributed by atoms with van der Waals surface area (Å²) in [7, 11) is 1.55. The Morgan fingerprint density at radius 2 is 1.96 bits per heavy atom. The molecule has 0 saturated carbocycles. The molecule has 0 aliphatic heterocycles. The number of ketones is 1. The fourth-order valence-corrected chi connectivity index (χ4v) is 3.46. The van der Waals surface area contributed by atoms with Gasteiger partial charge in [-0.1, -0.05) is 42.1 Å². The standard InChI is InChI=1S/C19H14N4O4S/c1-26-17-9-5-3-7-14(17)23-19(20-21-22-23)28-11-15(24)13-10-12-6-2-4-8-16(12)27-18(13)25/h2-10H,11H2,1H3. The van der Waals surface area contributed by atoms with Crippen LogP contribution in [0.25, 0.3) is 16.7 Å². The average molecular weight is 394 g/mol. The number of hydrogen-bond donors (Lipinski definition) is 0. The number of Topliss-reactive ketones (excluding diaryl/α,β-unsaturated/α-hetero) is 1. The summed E-state index contributed by atoms with van der Waals surface area (Å²) in [6.45, 7) is 0. The van der Waals surface area contributed by atoms with Gasteiger partial charge >= 0.3 is 5.63 Å². The lowest BCUT2D eigenvalue weighted by Crippen LogP contribution is -2.16. The van der Waals surface area contributed by atoms with E-state index in [1.807, 2.05) is 18.2 Å². The van der Waals surface area contributed by atoms with E-state index in [0.717, 1.165) is 11.8 Å². The Morgan fingerprint density at radius 3 is 2.82 bits per heavy atom. The summed E-state index contributed by atoms with van der Waals surface area (Å²) in [5, 5.41) is 12.7. The maximum Gasteiger partial charge on any atom is 0.347 e. The lowest BCUT2D eigenvalue weighted by molar-refractivity contribution is 0.101. The van der Waals surface area contributed by atoms with Crippen LogP contribution in [0.4, 0.5) is 0 Å². The molecule has 8 nitrogen and oxygen atoms in total. The van der Waals surface area contributed by atoms with Gasteiger partial charge in [-0.2, -0.15) is 4.68 Å². The van der Waals surface area contributed by atoms with Crippen LogP contribution >= 0.6 is 11.8 Å². The Morgan fingerprint density at radius 1 is 1.18 bits per heavy atom. The minimum absolute atomic E-state index is 0.00233. The summed E-state index contributed by atoms with van der Waals surface area (Å²) in [5.41, 5.74) is 0.433. The number of carbonyl (C=O) groups is 1. The molecule has 0 spiro atoms. The van der Waals surface area contributed by atoms with Gasteiger partial charge in [-0.25, -0.2) is 4.79 Å². The van der Waals surface area contributed by atoms with Gasteiger partial charge in [0, 0.05) is 5.39 Å². The highest BCUT2D eigenvalue weighted by molar-refractivity contribution is 7.99. The Bertz CT molecular complexity index is 1220. The monoisotopic (exact) mass is 394 g/mol. The maximum atomic E-state index is 12.6. The van der Waals surface area contributed by atoms with Crippen molar-refractivity contribution in [3.05, 3.63) is 70.6 Å². The Hall–Kier alpha value is -3.46. The van der Waals surface area contributed by atoms with Crippen molar-refractivity contribution in [2.45, 2.75) is 5.16 Å². The number of carbonyl (C=O) groups excluding carboxylic acids is 1. The lowest BCUT2D eigenvalue weighted by Gasteiger charge is -2.08. The molecule has 0 radical (unpaired) electrons. The quantitative estimate of drug-likeness (QED) is 0.280. The molecule has 0 saturated heterocycles. The van der Waals surface area contributed by atoms with Crippen LogP contribution in [0.2, 0.25) is 0 Å². The number of thioether (sulfide) groups is 1. The van der Waals surface area contributed by atoms with E-state index in [0.29, 0.717) is 27.6 Å². The number of methoxy groups -OCH3 is 1. The second-order valence-electron chi connectivity index (χ2n) is 5.74. The summed E-state index contributed by atoms with van der Waals surface area (Å²) in [6, 6.07) is 15.9. The Kier molecular flexibility index (Phi) is 4.90. The molecular formula is C19H14N4O4S. The van der Waals surface area contributed by atoms with Crippen molar-refractivity contribution >= 4 is 28.5 Å². The van der Waals surface area contributed by atoms with Gasteiger partial charge in [-0.05, 0) is 34.7 Å². The number of rotatable bonds is 6. The van der Waals surface area contributed by atoms with Gasteiger partial charge in [0.05, 0.1) is 12.9 Å². The van der Waals surface area contributed by atoms with Gasteiger partial charge < -0.3 is 9.15 Å². The molecular weight excluding hydrogens is 380 g/mol. The van der Waals surface area contributed by atoms with E-state index in [4.69, 9.17) is 9.15 Å². The zero-order valence-corrected chi connectivity index (χ0v) is 15.5. The van der Waals surface area contributed by atoms with Gasteiger partial charge in [0.25, 0.3) is 0 Å². The van der Waals surface area contributed by atoms with E-state index in [1.165, 1.54) is 4.68 Å². The van der Waals surface area contributed by atoms with E-state index < -0.39 is 5.63 Å². The molecule has 0 unspecified atom stereocenters.